The molecule has 4 nitrogen and oxygen atoms in total. The summed E-state index contributed by atoms with van der Waals surface area (Å²) in [6.07, 6.45) is 1.57. The van der Waals surface area contributed by atoms with Crippen LogP contribution in [0.1, 0.15) is 25.3 Å². The second kappa shape index (κ2) is 5.98. The number of aliphatic hydroxyl groups excluding tert-OH is 1. The molecule has 1 aromatic rings. The first kappa shape index (κ1) is 13.1. The van der Waals surface area contributed by atoms with Gasteiger partial charge >= 0.3 is 0 Å². The van der Waals surface area contributed by atoms with Gasteiger partial charge < -0.3 is 10.4 Å². The van der Waals surface area contributed by atoms with Crippen molar-refractivity contribution < 1.29 is 9.90 Å². The number of aliphatic hydroxyl groups is 1. The van der Waals surface area contributed by atoms with Crippen LogP contribution in [-0.2, 0) is 11.3 Å². The molecule has 1 amide bonds. The SMILES string of the molecule is CC(=O)Nc1cccc(CN2CCC(O)CC2)c1. The minimum atomic E-state index is -0.132. The largest absolute Gasteiger partial charge is 0.393 e. The standard InChI is InChI=1S/C14H20N2O2/c1-11(17)15-13-4-2-3-12(9-13)10-16-7-5-14(18)6-8-16/h2-4,9,14,18H,5-8,10H2,1H3,(H,15,17). The van der Waals surface area contributed by atoms with E-state index in [1.165, 1.54) is 12.5 Å². The molecule has 2 N–H and O–H groups in total. The van der Waals surface area contributed by atoms with Crippen LogP contribution < -0.4 is 5.32 Å². The highest BCUT2D eigenvalue weighted by atomic mass is 16.3. The molecule has 4 heteroatoms. The van der Waals surface area contributed by atoms with Crippen molar-refractivity contribution >= 4 is 11.6 Å². The van der Waals surface area contributed by atoms with Crippen LogP contribution in [0.4, 0.5) is 5.69 Å². The van der Waals surface area contributed by atoms with E-state index in [9.17, 15) is 9.90 Å². The third-order valence-corrected chi connectivity index (χ3v) is 3.21. The number of piperidine rings is 1. The van der Waals surface area contributed by atoms with Gasteiger partial charge in [0.1, 0.15) is 0 Å². The van der Waals surface area contributed by atoms with E-state index in [4.69, 9.17) is 0 Å². The molecule has 0 spiro atoms. The molecule has 0 aromatic heterocycles. The molecule has 0 unspecified atom stereocenters. The molecule has 1 heterocycles. The second-order valence-electron chi connectivity index (χ2n) is 4.89. The van der Waals surface area contributed by atoms with E-state index in [0.29, 0.717) is 0 Å². The predicted molar refractivity (Wildman–Crippen MR) is 71.3 cm³/mol. The van der Waals surface area contributed by atoms with Crippen LogP contribution in [-0.4, -0.2) is 35.1 Å². The number of hydrogen-bond acceptors (Lipinski definition) is 3. The number of rotatable bonds is 3. The van der Waals surface area contributed by atoms with Gasteiger partial charge in [0.25, 0.3) is 0 Å². The van der Waals surface area contributed by atoms with Crippen molar-refractivity contribution in [3.63, 3.8) is 0 Å². The number of hydrogen-bond donors (Lipinski definition) is 2. The number of benzene rings is 1. The number of amides is 1. The first-order chi connectivity index (χ1) is 8.63. The Balaban J connectivity index is 1.94. The van der Waals surface area contributed by atoms with Crippen molar-refractivity contribution in [3.8, 4) is 0 Å². The molecule has 1 aromatic carbocycles. The lowest BCUT2D eigenvalue weighted by molar-refractivity contribution is -0.114. The maximum absolute atomic E-state index is 11.0. The fourth-order valence-electron chi connectivity index (χ4n) is 2.29. The molecule has 1 aliphatic rings. The van der Waals surface area contributed by atoms with Crippen LogP contribution in [0.2, 0.25) is 0 Å². The highest BCUT2D eigenvalue weighted by Gasteiger charge is 2.16. The van der Waals surface area contributed by atoms with Crippen molar-refractivity contribution in [2.45, 2.75) is 32.4 Å². The van der Waals surface area contributed by atoms with Gasteiger partial charge in [0.15, 0.2) is 0 Å². The number of carbonyl (C=O) groups is 1. The lowest BCUT2D eigenvalue weighted by Crippen LogP contribution is -2.35. The van der Waals surface area contributed by atoms with E-state index < -0.39 is 0 Å². The zero-order chi connectivity index (χ0) is 13.0. The maximum Gasteiger partial charge on any atom is 0.221 e. The lowest BCUT2D eigenvalue weighted by Gasteiger charge is -2.29. The van der Waals surface area contributed by atoms with Gasteiger partial charge in [-0.05, 0) is 30.5 Å². The Bertz CT molecular complexity index is 412. The summed E-state index contributed by atoms with van der Waals surface area (Å²) in [5.74, 6) is -0.0479. The Morgan fingerprint density at radius 1 is 1.44 bits per heavy atom. The molecule has 1 aliphatic heterocycles. The third-order valence-electron chi connectivity index (χ3n) is 3.21. The Morgan fingerprint density at radius 3 is 2.83 bits per heavy atom. The molecule has 98 valence electrons. The van der Waals surface area contributed by atoms with Crippen molar-refractivity contribution in [2.24, 2.45) is 0 Å². The van der Waals surface area contributed by atoms with Crippen molar-refractivity contribution in [1.82, 2.24) is 4.90 Å². The van der Waals surface area contributed by atoms with Gasteiger partial charge in [-0.3, -0.25) is 9.69 Å². The molecule has 0 atom stereocenters. The highest BCUT2D eigenvalue weighted by Crippen LogP contribution is 2.16. The van der Waals surface area contributed by atoms with Crippen molar-refractivity contribution in [2.75, 3.05) is 18.4 Å². The zero-order valence-electron chi connectivity index (χ0n) is 10.7. The van der Waals surface area contributed by atoms with Gasteiger partial charge in [0.05, 0.1) is 6.10 Å². The first-order valence-electron chi connectivity index (χ1n) is 6.40. The molecule has 0 radical (unpaired) electrons. The van der Waals surface area contributed by atoms with E-state index in [1.807, 2.05) is 18.2 Å². The van der Waals surface area contributed by atoms with Crippen LogP contribution >= 0.6 is 0 Å². The average molecular weight is 248 g/mol. The van der Waals surface area contributed by atoms with Crippen molar-refractivity contribution in [3.05, 3.63) is 29.8 Å². The fourth-order valence-corrected chi connectivity index (χ4v) is 2.29. The lowest BCUT2D eigenvalue weighted by atomic mass is 10.1. The zero-order valence-corrected chi connectivity index (χ0v) is 10.7. The molecule has 18 heavy (non-hydrogen) atoms. The summed E-state index contributed by atoms with van der Waals surface area (Å²) in [5.41, 5.74) is 2.04. The molecule has 2 rings (SSSR count). The molecule has 1 fully saturated rings. The van der Waals surface area contributed by atoms with Crippen LogP contribution in [0.25, 0.3) is 0 Å². The molecule has 0 bridgehead atoms. The number of nitrogens with one attached hydrogen (secondary N) is 1. The normalized spacial score (nSPS) is 17.7. The van der Waals surface area contributed by atoms with E-state index >= 15 is 0 Å². The minimum absolute atomic E-state index is 0.0479. The smallest absolute Gasteiger partial charge is 0.221 e. The topological polar surface area (TPSA) is 52.6 Å². The van der Waals surface area contributed by atoms with E-state index in [2.05, 4.69) is 16.3 Å². The molecule has 1 saturated heterocycles. The Labute approximate surface area is 108 Å². The van der Waals surface area contributed by atoms with Gasteiger partial charge in [-0.15, -0.1) is 0 Å². The number of anilines is 1. The van der Waals surface area contributed by atoms with Gasteiger partial charge in [-0.1, -0.05) is 12.1 Å². The molecule has 0 aliphatic carbocycles. The molecule has 0 saturated carbocycles. The minimum Gasteiger partial charge on any atom is -0.393 e. The third kappa shape index (κ3) is 3.82. The van der Waals surface area contributed by atoms with E-state index in [-0.39, 0.29) is 12.0 Å². The maximum atomic E-state index is 11.0. The number of carbonyl (C=O) groups excluding carboxylic acids is 1. The van der Waals surface area contributed by atoms with Crippen LogP contribution in [0.5, 0.6) is 0 Å². The van der Waals surface area contributed by atoms with Gasteiger partial charge in [0, 0.05) is 32.2 Å². The van der Waals surface area contributed by atoms with Gasteiger partial charge in [-0.2, -0.15) is 0 Å². The highest BCUT2D eigenvalue weighted by molar-refractivity contribution is 5.88. The van der Waals surface area contributed by atoms with Crippen LogP contribution in [0.15, 0.2) is 24.3 Å². The summed E-state index contributed by atoms with van der Waals surface area (Å²) in [5, 5.41) is 12.3. The molecular weight excluding hydrogens is 228 g/mol. The van der Waals surface area contributed by atoms with E-state index in [1.54, 1.807) is 0 Å². The summed E-state index contributed by atoms with van der Waals surface area (Å²) in [6.45, 7) is 4.26. The van der Waals surface area contributed by atoms with Crippen LogP contribution in [0, 0.1) is 0 Å². The monoisotopic (exact) mass is 248 g/mol. The molecular formula is C14H20N2O2. The Hall–Kier alpha value is -1.39. The van der Waals surface area contributed by atoms with Crippen molar-refractivity contribution in [1.29, 1.82) is 0 Å². The quantitative estimate of drug-likeness (QED) is 0.854. The van der Waals surface area contributed by atoms with E-state index in [0.717, 1.165) is 38.2 Å². The van der Waals surface area contributed by atoms with Gasteiger partial charge in [0.2, 0.25) is 5.91 Å². The van der Waals surface area contributed by atoms with Crippen LogP contribution in [0.3, 0.4) is 0 Å². The second-order valence-corrected chi connectivity index (χ2v) is 4.89. The summed E-state index contributed by atoms with van der Waals surface area (Å²) >= 11 is 0. The number of nitrogens with zero attached hydrogens (tertiary/aromatic N) is 1. The summed E-state index contributed by atoms with van der Waals surface area (Å²) in [7, 11) is 0. The summed E-state index contributed by atoms with van der Waals surface area (Å²) < 4.78 is 0. The number of likely N-dealkylation sites (tertiary alicyclic amines) is 1. The average Bonchev–Trinajstić information content (AvgIpc) is 2.32. The fraction of sp³-hybridized carbons (Fsp3) is 0.500. The summed E-state index contributed by atoms with van der Waals surface area (Å²) in [6, 6.07) is 7.92. The Morgan fingerprint density at radius 2 is 2.17 bits per heavy atom. The van der Waals surface area contributed by atoms with Gasteiger partial charge in [-0.25, -0.2) is 0 Å². The summed E-state index contributed by atoms with van der Waals surface area (Å²) in [4.78, 5) is 13.3. The first-order valence-corrected chi connectivity index (χ1v) is 6.40. The Kier molecular flexibility index (Phi) is 4.33. The predicted octanol–water partition coefficient (Wildman–Crippen LogP) is 1.60.